The topological polar surface area (TPSA) is 12.0 Å². The molecule has 3 heteroatoms. The molecular formula is C17H25F2N. The third kappa shape index (κ3) is 4.55. The lowest BCUT2D eigenvalue weighted by molar-refractivity contribution is 0.293. The first-order valence-electron chi connectivity index (χ1n) is 7.81. The van der Waals surface area contributed by atoms with E-state index in [-0.39, 0.29) is 0 Å². The fourth-order valence-electron chi connectivity index (χ4n) is 3.38. The molecule has 0 amide bonds. The SMILES string of the molecule is CNC(Cc1cc(F)cc(F)c1)C1CCCCCCC1. The van der Waals surface area contributed by atoms with Crippen LogP contribution in [0, 0.1) is 17.6 Å². The second-order valence-corrected chi connectivity index (χ2v) is 5.98. The van der Waals surface area contributed by atoms with Crippen molar-refractivity contribution >= 4 is 0 Å². The molecule has 0 saturated heterocycles. The number of hydrogen-bond donors (Lipinski definition) is 1. The van der Waals surface area contributed by atoms with Crippen molar-refractivity contribution in [1.29, 1.82) is 0 Å². The number of likely N-dealkylation sites (N-methyl/N-ethyl adjacent to an activating group) is 1. The highest BCUT2D eigenvalue weighted by molar-refractivity contribution is 5.19. The smallest absolute Gasteiger partial charge is 0.126 e. The Balaban J connectivity index is 2.02. The number of halogens is 2. The Hall–Kier alpha value is -0.960. The second kappa shape index (κ2) is 7.72. The summed E-state index contributed by atoms with van der Waals surface area (Å²) >= 11 is 0. The molecule has 1 nitrogen and oxygen atoms in total. The van der Waals surface area contributed by atoms with E-state index in [2.05, 4.69) is 5.32 Å². The van der Waals surface area contributed by atoms with Gasteiger partial charge in [-0.15, -0.1) is 0 Å². The molecule has 0 aliphatic heterocycles. The van der Waals surface area contributed by atoms with Gasteiger partial charge in [0.15, 0.2) is 0 Å². The molecule has 112 valence electrons. The molecule has 1 aromatic rings. The van der Waals surface area contributed by atoms with Crippen LogP contribution in [-0.2, 0) is 6.42 Å². The van der Waals surface area contributed by atoms with Gasteiger partial charge in [0.05, 0.1) is 0 Å². The van der Waals surface area contributed by atoms with Gasteiger partial charge < -0.3 is 5.32 Å². The monoisotopic (exact) mass is 281 g/mol. The minimum Gasteiger partial charge on any atom is -0.316 e. The molecule has 1 unspecified atom stereocenters. The Bertz CT molecular complexity index is 391. The quantitative estimate of drug-likeness (QED) is 0.859. The highest BCUT2D eigenvalue weighted by atomic mass is 19.1. The van der Waals surface area contributed by atoms with E-state index >= 15 is 0 Å². The number of hydrogen-bond acceptors (Lipinski definition) is 1. The molecule has 0 bridgehead atoms. The van der Waals surface area contributed by atoms with Crippen molar-refractivity contribution in [3.63, 3.8) is 0 Å². The van der Waals surface area contributed by atoms with Crippen LogP contribution in [0.2, 0.25) is 0 Å². The highest BCUT2D eigenvalue weighted by Gasteiger charge is 2.21. The summed E-state index contributed by atoms with van der Waals surface area (Å²) in [6, 6.07) is 4.16. The summed E-state index contributed by atoms with van der Waals surface area (Å²) in [5.41, 5.74) is 0.754. The number of benzene rings is 1. The Morgan fingerprint density at radius 2 is 1.55 bits per heavy atom. The lowest BCUT2D eigenvalue weighted by Crippen LogP contribution is -2.36. The van der Waals surface area contributed by atoms with Crippen molar-refractivity contribution in [2.75, 3.05) is 7.05 Å². The van der Waals surface area contributed by atoms with Crippen LogP contribution in [0.15, 0.2) is 18.2 Å². The molecule has 1 fully saturated rings. The van der Waals surface area contributed by atoms with Crippen molar-refractivity contribution in [1.82, 2.24) is 5.32 Å². The van der Waals surface area contributed by atoms with E-state index in [1.54, 1.807) is 0 Å². The molecule has 1 saturated carbocycles. The molecule has 1 aliphatic rings. The van der Waals surface area contributed by atoms with E-state index in [1.807, 2.05) is 7.05 Å². The average molecular weight is 281 g/mol. The summed E-state index contributed by atoms with van der Waals surface area (Å²) in [5.74, 6) is -0.341. The van der Waals surface area contributed by atoms with Gasteiger partial charge in [-0.05, 0) is 49.9 Å². The third-order valence-electron chi connectivity index (χ3n) is 4.47. The molecule has 20 heavy (non-hydrogen) atoms. The summed E-state index contributed by atoms with van der Waals surface area (Å²) in [5, 5.41) is 3.36. The molecule has 1 N–H and O–H groups in total. The minimum atomic E-state index is -0.479. The summed E-state index contributed by atoms with van der Waals surface area (Å²) < 4.78 is 26.6. The Morgan fingerprint density at radius 1 is 1.00 bits per heavy atom. The third-order valence-corrected chi connectivity index (χ3v) is 4.47. The molecule has 1 aliphatic carbocycles. The minimum absolute atomic E-state index is 0.314. The second-order valence-electron chi connectivity index (χ2n) is 5.98. The zero-order chi connectivity index (χ0) is 14.4. The average Bonchev–Trinajstić information content (AvgIpc) is 2.35. The molecule has 0 aromatic heterocycles. The van der Waals surface area contributed by atoms with Crippen LogP contribution < -0.4 is 5.32 Å². The van der Waals surface area contributed by atoms with Crippen LogP contribution in [-0.4, -0.2) is 13.1 Å². The van der Waals surface area contributed by atoms with Crippen molar-refractivity contribution in [3.8, 4) is 0 Å². The van der Waals surface area contributed by atoms with Crippen LogP contribution in [0.3, 0.4) is 0 Å². The van der Waals surface area contributed by atoms with Crippen molar-refractivity contribution < 1.29 is 8.78 Å². The van der Waals surface area contributed by atoms with Gasteiger partial charge in [-0.2, -0.15) is 0 Å². The summed E-state index contributed by atoms with van der Waals surface area (Å²) in [7, 11) is 1.96. The number of rotatable bonds is 4. The van der Waals surface area contributed by atoms with Gasteiger partial charge in [0, 0.05) is 12.1 Å². The molecule has 1 atom stereocenters. The maximum absolute atomic E-state index is 13.3. The highest BCUT2D eigenvalue weighted by Crippen LogP contribution is 2.26. The van der Waals surface area contributed by atoms with Gasteiger partial charge in [-0.1, -0.05) is 32.1 Å². The first-order chi connectivity index (χ1) is 9.69. The zero-order valence-corrected chi connectivity index (χ0v) is 12.3. The normalized spacial score (nSPS) is 19.4. The van der Waals surface area contributed by atoms with Gasteiger partial charge in [-0.3, -0.25) is 0 Å². The first kappa shape index (κ1) is 15.4. The van der Waals surface area contributed by atoms with E-state index in [1.165, 1.54) is 57.1 Å². The molecular weight excluding hydrogens is 256 g/mol. The maximum atomic E-state index is 13.3. The molecule has 0 spiro atoms. The number of nitrogens with one attached hydrogen (secondary N) is 1. The van der Waals surface area contributed by atoms with Gasteiger partial charge >= 0.3 is 0 Å². The largest absolute Gasteiger partial charge is 0.316 e. The van der Waals surface area contributed by atoms with Crippen molar-refractivity contribution in [2.45, 2.75) is 57.4 Å². The molecule has 2 rings (SSSR count). The van der Waals surface area contributed by atoms with Gasteiger partial charge in [-0.25, -0.2) is 8.78 Å². The lowest BCUT2D eigenvalue weighted by Gasteiger charge is -2.28. The van der Waals surface area contributed by atoms with E-state index in [4.69, 9.17) is 0 Å². The molecule has 0 heterocycles. The van der Waals surface area contributed by atoms with Gasteiger partial charge in [0.2, 0.25) is 0 Å². The van der Waals surface area contributed by atoms with Crippen LogP contribution in [0.25, 0.3) is 0 Å². The zero-order valence-electron chi connectivity index (χ0n) is 12.3. The van der Waals surface area contributed by atoms with Crippen LogP contribution in [0.4, 0.5) is 8.78 Å². The summed E-state index contributed by atoms with van der Waals surface area (Å²) in [6.45, 7) is 0. The van der Waals surface area contributed by atoms with Gasteiger partial charge in [0.1, 0.15) is 11.6 Å². The molecule has 0 radical (unpaired) electrons. The predicted octanol–water partition coefficient (Wildman–Crippen LogP) is 4.46. The standard InChI is InChI=1S/C17H25F2N/c1-20-17(14-7-5-3-2-4-6-8-14)11-13-9-15(18)12-16(19)10-13/h9-10,12,14,17,20H,2-8,11H2,1H3. The van der Waals surface area contributed by atoms with Crippen molar-refractivity contribution in [3.05, 3.63) is 35.4 Å². The Morgan fingerprint density at radius 3 is 2.10 bits per heavy atom. The fourth-order valence-corrected chi connectivity index (χ4v) is 3.38. The Labute approximate surface area is 120 Å². The first-order valence-corrected chi connectivity index (χ1v) is 7.81. The van der Waals surface area contributed by atoms with E-state index in [0.717, 1.165) is 11.6 Å². The van der Waals surface area contributed by atoms with Crippen LogP contribution in [0.1, 0.15) is 50.5 Å². The molecule has 1 aromatic carbocycles. The maximum Gasteiger partial charge on any atom is 0.126 e. The van der Waals surface area contributed by atoms with Crippen LogP contribution in [0.5, 0.6) is 0 Å². The summed E-state index contributed by atoms with van der Waals surface area (Å²) in [4.78, 5) is 0. The summed E-state index contributed by atoms with van der Waals surface area (Å²) in [6.07, 6.45) is 9.71. The lowest BCUT2D eigenvalue weighted by atomic mass is 9.83. The van der Waals surface area contributed by atoms with Gasteiger partial charge in [0.25, 0.3) is 0 Å². The Kier molecular flexibility index (Phi) is 5.96. The van der Waals surface area contributed by atoms with E-state index in [0.29, 0.717) is 18.4 Å². The van der Waals surface area contributed by atoms with E-state index < -0.39 is 11.6 Å². The van der Waals surface area contributed by atoms with E-state index in [9.17, 15) is 8.78 Å². The van der Waals surface area contributed by atoms with Crippen molar-refractivity contribution in [2.24, 2.45) is 5.92 Å². The van der Waals surface area contributed by atoms with Crippen LogP contribution >= 0.6 is 0 Å². The fraction of sp³-hybridized carbons (Fsp3) is 0.647. The predicted molar refractivity (Wildman–Crippen MR) is 78.7 cm³/mol.